The third kappa shape index (κ3) is 4.03. The van der Waals surface area contributed by atoms with E-state index in [4.69, 9.17) is 0 Å². The van der Waals surface area contributed by atoms with Gasteiger partial charge in [0.15, 0.2) is 0 Å². The SMILES string of the molecule is CC(C)(C)c1ccccc1-c1ccccc1C(C)(C)C.[LiH]. The Morgan fingerprint density at radius 2 is 0.810 bits per heavy atom. The molecule has 21 heavy (non-hydrogen) atoms. The van der Waals surface area contributed by atoms with E-state index in [9.17, 15) is 0 Å². The fourth-order valence-electron chi connectivity index (χ4n) is 2.74. The van der Waals surface area contributed by atoms with Crippen molar-refractivity contribution < 1.29 is 0 Å². The molecule has 0 aliphatic heterocycles. The van der Waals surface area contributed by atoms with Gasteiger partial charge in [0.25, 0.3) is 0 Å². The summed E-state index contributed by atoms with van der Waals surface area (Å²) in [5.41, 5.74) is 5.87. The van der Waals surface area contributed by atoms with Gasteiger partial charge in [0.05, 0.1) is 0 Å². The van der Waals surface area contributed by atoms with Crippen molar-refractivity contribution in [2.75, 3.05) is 0 Å². The number of hydrogen-bond acceptors (Lipinski definition) is 0. The average molecular weight is 274 g/mol. The van der Waals surface area contributed by atoms with Crippen LogP contribution in [0.1, 0.15) is 52.7 Å². The van der Waals surface area contributed by atoms with Gasteiger partial charge < -0.3 is 0 Å². The Hall–Kier alpha value is -0.963. The average Bonchev–Trinajstić information content (AvgIpc) is 2.37. The van der Waals surface area contributed by atoms with Gasteiger partial charge in [-0.15, -0.1) is 0 Å². The standard InChI is InChI=1S/C20H26.Li.H/c1-19(2,3)17-13-9-7-11-15(17)16-12-8-10-14-18(16)20(4,5)6;;/h7-14H,1-6H3;;. The van der Waals surface area contributed by atoms with E-state index in [0.717, 1.165) is 0 Å². The van der Waals surface area contributed by atoms with E-state index in [1.54, 1.807) is 0 Å². The molecule has 0 heterocycles. The summed E-state index contributed by atoms with van der Waals surface area (Å²) in [6.07, 6.45) is 0. The van der Waals surface area contributed by atoms with E-state index < -0.39 is 0 Å². The van der Waals surface area contributed by atoms with Gasteiger partial charge in [-0.3, -0.25) is 0 Å². The summed E-state index contributed by atoms with van der Waals surface area (Å²) in [7, 11) is 0. The van der Waals surface area contributed by atoms with Crippen LogP contribution in [0.25, 0.3) is 11.1 Å². The van der Waals surface area contributed by atoms with E-state index in [-0.39, 0.29) is 29.7 Å². The van der Waals surface area contributed by atoms with Gasteiger partial charge >= 0.3 is 18.9 Å². The Kier molecular flexibility index (Phi) is 5.54. The Labute approximate surface area is 142 Å². The van der Waals surface area contributed by atoms with Gasteiger partial charge in [0.2, 0.25) is 0 Å². The van der Waals surface area contributed by atoms with Crippen LogP contribution < -0.4 is 0 Å². The molecule has 0 saturated carbocycles. The number of hydrogen-bond donors (Lipinski definition) is 0. The van der Waals surface area contributed by atoms with Gasteiger partial charge in [0.1, 0.15) is 0 Å². The third-order valence-corrected chi connectivity index (χ3v) is 3.76. The number of rotatable bonds is 1. The Morgan fingerprint density at radius 1 is 0.524 bits per heavy atom. The normalized spacial score (nSPS) is 11.9. The fourth-order valence-corrected chi connectivity index (χ4v) is 2.74. The second-order valence-corrected chi connectivity index (χ2v) is 7.59. The van der Waals surface area contributed by atoms with Gasteiger partial charge in [-0.2, -0.15) is 0 Å². The third-order valence-electron chi connectivity index (χ3n) is 3.76. The molecule has 2 aromatic carbocycles. The monoisotopic (exact) mass is 274 g/mol. The maximum atomic E-state index is 2.28. The molecule has 108 valence electrons. The van der Waals surface area contributed by atoms with E-state index in [1.807, 2.05) is 0 Å². The minimum absolute atomic E-state index is 0. The summed E-state index contributed by atoms with van der Waals surface area (Å²) in [6.45, 7) is 13.7. The zero-order valence-corrected chi connectivity index (χ0v) is 13.6. The fraction of sp³-hybridized carbons (Fsp3) is 0.400. The van der Waals surface area contributed by atoms with Gasteiger partial charge in [0, 0.05) is 0 Å². The second-order valence-electron chi connectivity index (χ2n) is 7.59. The molecular weight excluding hydrogens is 247 g/mol. The van der Waals surface area contributed by atoms with E-state index in [1.165, 1.54) is 22.3 Å². The summed E-state index contributed by atoms with van der Waals surface area (Å²) >= 11 is 0. The molecule has 0 N–H and O–H groups in total. The summed E-state index contributed by atoms with van der Waals surface area (Å²) < 4.78 is 0. The van der Waals surface area contributed by atoms with Crippen LogP contribution in [0.4, 0.5) is 0 Å². The topological polar surface area (TPSA) is 0 Å². The first-order valence-corrected chi connectivity index (χ1v) is 7.40. The Morgan fingerprint density at radius 3 is 1.10 bits per heavy atom. The predicted molar refractivity (Wildman–Crippen MR) is 96.4 cm³/mol. The van der Waals surface area contributed by atoms with Crippen molar-refractivity contribution in [2.45, 2.75) is 52.4 Å². The first-order valence-electron chi connectivity index (χ1n) is 7.40. The van der Waals surface area contributed by atoms with Crippen molar-refractivity contribution in [3.8, 4) is 11.1 Å². The quantitative estimate of drug-likeness (QED) is 0.619. The Bertz CT molecular complexity index is 542. The molecule has 0 radical (unpaired) electrons. The molecule has 2 aromatic rings. The van der Waals surface area contributed by atoms with Crippen molar-refractivity contribution in [1.82, 2.24) is 0 Å². The van der Waals surface area contributed by atoms with Gasteiger partial charge in [-0.25, -0.2) is 0 Å². The molecule has 0 spiro atoms. The zero-order chi connectivity index (χ0) is 15.0. The van der Waals surface area contributed by atoms with Crippen LogP contribution in [0.2, 0.25) is 0 Å². The van der Waals surface area contributed by atoms with Crippen LogP contribution in [0.3, 0.4) is 0 Å². The van der Waals surface area contributed by atoms with Gasteiger partial charge in [-0.1, -0.05) is 90.1 Å². The molecule has 2 rings (SSSR count). The molecular formula is C20H27Li. The summed E-state index contributed by atoms with van der Waals surface area (Å²) in [6, 6.07) is 17.6. The van der Waals surface area contributed by atoms with Crippen molar-refractivity contribution in [1.29, 1.82) is 0 Å². The molecule has 0 fully saturated rings. The van der Waals surface area contributed by atoms with Crippen molar-refractivity contribution in [3.05, 3.63) is 59.7 Å². The molecule has 0 saturated heterocycles. The molecule has 0 atom stereocenters. The molecule has 0 unspecified atom stereocenters. The van der Waals surface area contributed by atoms with Crippen LogP contribution in [-0.2, 0) is 10.8 Å². The molecule has 1 heteroatoms. The van der Waals surface area contributed by atoms with Crippen molar-refractivity contribution in [2.24, 2.45) is 0 Å². The Balaban J connectivity index is 0.00000220. The van der Waals surface area contributed by atoms with Crippen LogP contribution in [0, 0.1) is 0 Å². The minimum atomic E-state index is 0. The van der Waals surface area contributed by atoms with Crippen molar-refractivity contribution >= 4 is 18.9 Å². The molecule has 0 amide bonds. The van der Waals surface area contributed by atoms with Crippen LogP contribution in [0.15, 0.2) is 48.5 Å². The second kappa shape index (κ2) is 6.43. The van der Waals surface area contributed by atoms with E-state index >= 15 is 0 Å². The summed E-state index contributed by atoms with van der Waals surface area (Å²) in [4.78, 5) is 0. The van der Waals surface area contributed by atoms with E-state index in [0.29, 0.717) is 0 Å². The number of benzene rings is 2. The van der Waals surface area contributed by atoms with Crippen LogP contribution >= 0.6 is 0 Å². The summed E-state index contributed by atoms with van der Waals surface area (Å²) in [5.74, 6) is 0. The molecule has 0 nitrogen and oxygen atoms in total. The van der Waals surface area contributed by atoms with Crippen LogP contribution in [-0.4, -0.2) is 18.9 Å². The molecule has 0 aromatic heterocycles. The molecule has 0 aliphatic carbocycles. The predicted octanol–water partition coefficient (Wildman–Crippen LogP) is 5.30. The first-order chi connectivity index (χ1) is 9.21. The van der Waals surface area contributed by atoms with Crippen LogP contribution in [0.5, 0.6) is 0 Å². The van der Waals surface area contributed by atoms with Gasteiger partial charge in [-0.05, 0) is 33.1 Å². The zero-order valence-electron chi connectivity index (χ0n) is 13.6. The van der Waals surface area contributed by atoms with Crippen molar-refractivity contribution in [3.63, 3.8) is 0 Å². The summed E-state index contributed by atoms with van der Waals surface area (Å²) in [5, 5.41) is 0. The van der Waals surface area contributed by atoms with E-state index in [2.05, 4.69) is 90.1 Å². The first kappa shape index (κ1) is 18.1. The molecule has 0 aliphatic rings. The molecule has 0 bridgehead atoms. The maximum absolute atomic E-state index is 2.28.